The van der Waals surface area contributed by atoms with Gasteiger partial charge < -0.3 is 10.6 Å². The van der Waals surface area contributed by atoms with Gasteiger partial charge in [0, 0.05) is 21.5 Å². The van der Waals surface area contributed by atoms with E-state index in [0.29, 0.717) is 11.4 Å². The van der Waals surface area contributed by atoms with Gasteiger partial charge >= 0.3 is 6.03 Å². The Balaban J connectivity index is 1.65. The molecule has 9 heteroatoms. The monoisotopic (exact) mass is 463 g/mol. The van der Waals surface area contributed by atoms with Crippen molar-refractivity contribution in [1.82, 2.24) is 0 Å². The van der Waals surface area contributed by atoms with Crippen LogP contribution in [-0.2, 0) is 10.0 Å². The average molecular weight is 464 g/mol. The predicted octanol–water partition coefficient (Wildman–Crippen LogP) is 5.03. The molecule has 0 unspecified atom stereocenters. The van der Waals surface area contributed by atoms with Crippen molar-refractivity contribution >= 4 is 49.0 Å². The van der Waals surface area contributed by atoms with Gasteiger partial charge in [-0.25, -0.2) is 17.6 Å². The summed E-state index contributed by atoms with van der Waals surface area (Å²) in [6.07, 6.45) is 0. The first-order valence-corrected chi connectivity index (χ1v) is 10.3. The van der Waals surface area contributed by atoms with Crippen molar-refractivity contribution in [2.24, 2.45) is 0 Å². The van der Waals surface area contributed by atoms with Crippen LogP contribution in [-0.4, -0.2) is 14.4 Å². The molecule has 0 fully saturated rings. The van der Waals surface area contributed by atoms with Crippen LogP contribution in [0.25, 0.3) is 0 Å². The second-order valence-electron chi connectivity index (χ2n) is 5.73. The van der Waals surface area contributed by atoms with Gasteiger partial charge in [-0.15, -0.1) is 0 Å². The topological polar surface area (TPSA) is 87.3 Å². The Bertz CT molecular complexity index is 1090. The molecule has 0 heterocycles. The first-order chi connectivity index (χ1) is 13.3. The molecule has 0 aliphatic rings. The molecule has 0 saturated heterocycles. The van der Waals surface area contributed by atoms with Crippen molar-refractivity contribution in [2.75, 3.05) is 15.4 Å². The highest BCUT2D eigenvalue weighted by Gasteiger charge is 2.14. The molecule has 3 N–H and O–H groups in total. The molecule has 0 aliphatic carbocycles. The van der Waals surface area contributed by atoms with Gasteiger partial charge in [0.05, 0.1) is 4.90 Å². The van der Waals surface area contributed by atoms with E-state index in [1.807, 2.05) is 6.07 Å². The fourth-order valence-electron chi connectivity index (χ4n) is 2.31. The predicted molar refractivity (Wildman–Crippen MR) is 110 cm³/mol. The van der Waals surface area contributed by atoms with Crippen molar-refractivity contribution in [2.45, 2.75) is 4.90 Å². The van der Waals surface area contributed by atoms with Gasteiger partial charge in [-0.1, -0.05) is 22.0 Å². The Hall–Kier alpha value is -2.91. The number of halogens is 2. The van der Waals surface area contributed by atoms with Gasteiger partial charge in [0.2, 0.25) is 0 Å². The van der Waals surface area contributed by atoms with E-state index in [2.05, 4.69) is 31.3 Å². The van der Waals surface area contributed by atoms with Crippen LogP contribution in [0.2, 0.25) is 0 Å². The van der Waals surface area contributed by atoms with Crippen molar-refractivity contribution in [1.29, 1.82) is 0 Å². The largest absolute Gasteiger partial charge is 0.323 e. The first-order valence-electron chi connectivity index (χ1n) is 8.04. The SMILES string of the molecule is O=C(Nc1ccc(S(=O)(=O)Nc2ccc(F)cc2)cc1)Nc1cccc(Br)c1. The van der Waals surface area contributed by atoms with E-state index in [-0.39, 0.29) is 10.6 Å². The molecule has 0 radical (unpaired) electrons. The lowest BCUT2D eigenvalue weighted by molar-refractivity contribution is 0.262. The second kappa shape index (κ2) is 8.41. The summed E-state index contributed by atoms with van der Waals surface area (Å²) in [7, 11) is -3.83. The lowest BCUT2D eigenvalue weighted by Crippen LogP contribution is -2.19. The quantitative estimate of drug-likeness (QED) is 0.495. The van der Waals surface area contributed by atoms with E-state index < -0.39 is 21.9 Å². The molecule has 3 aromatic rings. The lowest BCUT2D eigenvalue weighted by Gasteiger charge is -2.10. The Morgan fingerprint density at radius 1 is 0.821 bits per heavy atom. The number of hydrogen-bond acceptors (Lipinski definition) is 3. The minimum atomic E-state index is -3.83. The van der Waals surface area contributed by atoms with Crippen LogP contribution in [0.3, 0.4) is 0 Å². The molecule has 2 amide bonds. The van der Waals surface area contributed by atoms with Crippen molar-refractivity contribution in [3.05, 3.63) is 83.1 Å². The van der Waals surface area contributed by atoms with E-state index in [1.165, 1.54) is 36.4 Å². The van der Waals surface area contributed by atoms with Crippen molar-refractivity contribution in [3.8, 4) is 0 Å². The fourth-order valence-corrected chi connectivity index (χ4v) is 3.77. The Labute approximate surface area is 170 Å². The zero-order valence-corrected chi connectivity index (χ0v) is 16.7. The Morgan fingerprint density at radius 3 is 2.07 bits per heavy atom. The summed E-state index contributed by atoms with van der Waals surface area (Å²) in [5.41, 5.74) is 1.28. The van der Waals surface area contributed by atoms with Crippen LogP contribution in [0.4, 0.5) is 26.2 Å². The van der Waals surface area contributed by atoms with E-state index in [9.17, 15) is 17.6 Å². The summed E-state index contributed by atoms with van der Waals surface area (Å²) in [6.45, 7) is 0. The molecule has 28 heavy (non-hydrogen) atoms. The zero-order chi connectivity index (χ0) is 20.1. The highest BCUT2D eigenvalue weighted by atomic mass is 79.9. The molecule has 0 bridgehead atoms. The van der Waals surface area contributed by atoms with Crippen LogP contribution >= 0.6 is 15.9 Å². The summed E-state index contributed by atoms with van der Waals surface area (Å²) < 4.78 is 40.9. The number of sulfonamides is 1. The van der Waals surface area contributed by atoms with Crippen LogP contribution in [0.5, 0.6) is 0 Å². The highest BCUT2D eigenvalue weighted by Crippen LogP contribution is 2.19. The van der Waals surface area contributed by atoms with Gasteiger partial charge in [0.1, 0.15) is 5.82 Å². The van der Waals surface area contributed by atoms with Gasteiger partial charge in [-0.05, 0) is 66.7 Å². The van der Waals surface area contributed by atoms with Crippen LogP contribution in [0.15, 0.2) is 82.2 Å². The minimum absolute atomic E-state index is 0.00905. The minimum Gasteiger partial charge on any atom is -0.308 e. The van der Waals surface area contributed by atoms with Crippen molar-refractivity contribution in [3.63, 3.8) is 0 Å². The van der Waals surface area contributed by atoms with E-state index >= 15 is 0 Å². The lowest BCUT2D eigenvalue weighted by atomic mass is 10.3. The number of hydrogen-bond donors (Lipinski definition) is 3. The maximum absolute atomic E-state index is 12.9. The maximum atomic E-state index is 12.9. The molecule has 0 atom stereocenters. The molecule has 3 rings (SSSR count). The average Bonchev–Trinajstić information content (AvgIpc) is 2.64. The molecule has 0 spiro atoms. The molecular formula is C19H15BrFN3O3S. The number of nitrogens with one attached hydrogen (secondary N) is 3. The third-order valence-corrected chi connectivity index (χ3v) is 5.49. The van der Waals surface area contributed by atoms with E-state index in [4.69, 9.17) is 0 Å². The number of benzene rings is 3. The summed E-state index contributed by atoms with van der Waals surface area (Å²) in [5, 5.41) is 5.29. The normalized spacial score (nSPS) is 10.9. The Kier molecular flexibility index (Phi) is 5.96. The maximum Gasteiger partial charge on any atom is 0.323 e. The summed E-state index contributed by atoms with van der Waals surface area (Å²) in [6, 6.07) is 17.3. The second-order valence-corrected chi connectivity index (χ2v) is 8.32. The third-order valence-electron chi connectivity index (χ3n) is 3.60. The van der Waals surface area contributed by atoms with Crippen LogP contribution < -0.4 is 15.4 Å². The molecule has 0 aromatic heterocycles. The number of amides is 2. The number of rotatable bonds is 5. The number of anilines is 3. The van der Waals surface area contributed by atoms with E-state index in [0.717, 1.165) is 16.6 Å². The first kappa shape index (κ1) is 19.8. The molecule has 144 valence electrons. The van der Waals surface area contributed by atoms with Gasteiger partial charge in [-0.2, -0.15) is 0 Å². The van der Waals surface area contributed by atoms with Gasteiger partial charge in [0.15, 0.2) is 0 Å². The van der Waals surface area contributed by atoms with Gasteiger partial charge in [0.25, 0.3) is 10.0 Å². The third kappa shape index (κ3) is 5.30. The molecule has 0 saturated carbocycles. The smallest absolute Gasteiger partial charge is 0.308 e. The highest BCUT2D eigenvalue weighted by molar-refractivity contribution is 9.10. The van der Waals surface area contributed by atoms with Crippen LogP contribution in [0, 0.1) is 5.82 Å². The zero-order valence-electron chi connectivity index (χ0n) is 14.3. The fraction of sp³-hybridized carbons (Fsp3) is 0. The standard InChI is InChI=1S/C19H15BrFN3O3S/c20-13-2-1-3-17(12-13)23-19(25)22-15-8-10-18(11-9-15)28(26,27)24-16-6-4-14(21)5-7-16/h1-12,24H,(H2,22,23,25). The molecule has 6 nitrogen and oxygen atoms in total. The van der Waals surface area contributed by atoms with E-state index in [1.54, 1.807) is 18.2 Å². The summed E-state index contributed by atoms with van der Waals surface area (Å²) >= 11 is 3.32. The number of urea groups is 1. The Morgan fingerprint density at radius 2 is 1.43 bits per heavy atom. The summed E-state index contributed by atoms with van der Waals surface area (Å²) in [4.78, 5) is 12.1. The van der Waals surface area contributed by atoms with Crippen LogP contribution in [0.1, 0.15) is 0 Å². The molecule has 3 aromatic carbocycles. The summed E-state index contributed by atoms with van der Waals surface area (Å²) in [5.74, 6) is -0.459. The molecule has 0 aliphatic heterocycles. The number of carbonyl (C=O) groups is 1. The van der Waals surface area contributed by atoms with Gasteiger partial charge in [-0.3, -0.25) is 4.72 Å². The number of carbonyl (C=O) groups excluding carboxylic acids is 1. The molecular weight excluding hydrogens is 449 g/mol. The van der Waals surface area contributed by atoms with Crippen molar-refractivity contribution < 1.29 is 17.6 Å².